The molecule has 2 aliphatic rings. The molecule has 0 aliphatic heterocycles. The number of benzene rings is 4. The van der Waals surface area contributed by atoms with Crippen LogP contribution in [0.5, 0.6) is 0 Å². The first-order valence-corrected chi connectivity index (χ1v) is 13.3. The molecule has 186 valence electrons. The van der Waals surface area contributed by atoms with E-state index in [1.807, 2.05) is 6.07 Å². The van der Waals surface area contributed by atoms with Gasteiger partial charge in [-0.2, -0.15) is 41.0 Å². The minimum atomic E-state index is 0. The maximum absolute atomic E-state index is 3.30. The van der Waals surface area contributed by atoms with Crippen LogP contribution >= 0.6 is 0 Å². The average Bonchev–Trinajstić information content (AvgIpc) is 3.44. The van der Waals surface area contributed by atoms with E-state index in [1.54, 1.807) is 0 Å². The summed E-state index contributed by atoms with van der Waals surface area (Å²) >= 11 is 1.46. The Morgan fingerprint density at radius 1 is 0.676 bits per heavy atom. The second-order valence-electron chi connectivity index (χ2n) is 8.89. The molecule has 2 aliphatic carbocycles. The zero-order chi connectivity index (χ0) is 24.6. The van der Waals surface area contributed by atoms with Gasteiger partial charge in [-0.3, -0.25) is 6.08 Å². The Morgan fingerprint density at radius 3 is 1.73 bits per heavy atom. The summed E-state index contributed by atoms with van der Waals surface area (Å²) in [5, 5.41) is 0. The number of rotatable bonds is 2. The van der Waals surface area contributed by atoms with Crippen molar-refractivity contribution >= 4 is 3.21 Å². The fraction of sp³-hybridized carbons (Fsp3) is 0.147. The topological polar surface area (TPSA) is 0 Å². The van der Waals surface area contributed by atoms with Crippen LogP contribution in [-0.4, -0.2) is 3.21 Å². The molecule has 0 saturated heterocycles. The monoisotopic (exact) mass is 598 g/mol. The first-order chi connectivity index (χ1) is 17.0. The molecule has 0 N–H and O–H groups in total. The van der Waals surface area contributed by atoms with Crippen molar-refractivity contribution in [3.63, 3.8) is 0 Å². The minimum absolute atomic E-state index is 0. The van der Waals surface area contributed by atoms with E-state index in [2.05, 4.69) is 130 Å². The van der Waals surface area contributed by atoms with Crippen LogP contribution in [-0.2, 0) is 30.7 Å². The molecule has 0 aromatic heterocycles. The first kappa shape index (κ1) is 30.9. The van der Waals surface area contributed by atoms with Gasteiger partial charge in [0.2, 0.25) is 0 Å². The number of fused-ring (bicyclic) bond motifs is 3. The SMILES string of the molecule is CC1=[C-]CC(C)=C1C.[Cl-].[Cl-].[Zr+2]=[C](c1ccccc1)c1ccccc1.[c-]1cccc2c1Cc1ccccc1-2. The molecule has 6 rings (SSSR count). The van der Waals surface area contributed by atoms with Crippen LogP contribution in [0.1, 0.15) is 49.4 Å². The fourth-order valence-electron chi connectivity index (χ4n) is 4.22. The van der Waals surface area contributed by atoms with Gasteiger partial charge in [-0.25, -0.2) is 5.57 Å². The molecule has 0 atom stereocenters. The number of hydrogen-bond acceptors (Lipinski definition) is 0. The second kappa shape index (κ2) is 15.2. The van der Waals surface area contributed by atoms with Crippen LogP contribution < -0.4 is 24.8 Å². The van der Waals surface area contributed by atoms with Gasteiger partial charge in [0.25, 0.3) is 0 Å². The summed E-state index contributed by atoms with van der Waals surface area (Å²) in [7, 11) is 0. The summed E-state index contributed by atoms with van der Waals surface area (Å²) in [5.41, 5.74) is 12.4. The molecule has 0 heterocycles. The summed E-state index contributed by atoms with van der Waals surface area (Å²) in [6.45, 7) is 6.44. The van der Waals surface area contributed by atoms with Crippen molar-refractivity contribution in [3.05, 3.63) is 154 Å². The molecule has 4 aromatic rings. The van der Waals surface area contributed by atoms with E-state index >= 15 is 0 Å². The van der Waals surface area contributed by atoms with Crippen molar-refractivity contribution < 1.29 is 49.0 Å². The average molecular weight is 601 g/mol. The van der Waals surface area contributed by atoms with E-state index in [0.29, 0.717) is 0 Å². The van der Waals surface area contributed by atoms with E-state index in [9.17, 15) is 0 Å². The van der Waals surface area contributed by atoms with E-state index in [-0.39, 0.29) is 24.8 Å². The Bertz CT molecular complexity index is 1280. The number of hydrogen-bond donors (Lipinski definition) is 0. The van der Waals surface area contributed by atoms with Crippen LogP contribution in [0.25, 0.3) is 11.1 Å². The standard InChI is InChI=1S/C13H9.C13H10.C8H11.2ClH.Zr/c1-3-7-12-10(5-1)9-11-6-2-4-8-13(11)12;1-3-7-12(8-4-1)11-13-9-5-2-6-10-13;1-6-4-5-7(2)8(6)3;;;/h1-5,7-8H,9H2;1-10H;4H2,1-3H3;2*1H;/q-1;;-1;;;+2/p-2. The molecule has 0 amide bonds. The van der Waals surface area contributed by atoms with Gasteiger partial charge in [-0.05, 0) is 6.42 Å². The molecular weight excluding hydrogens is 571 g/mol. The van der Waals surface area contributed by atoms with Crippen molar-refractivity contribution in [1.82, 2.24) is 0 Å². The molecule has 0 radical (unpaired) electrons. The third-order valence-corrected chi connectivity index (χ3v) is 7.98. The first-order valence-electron chi connectivity index (χ1n) is 12.1. The molecule has 0 bridgehead atoms. The predicted molar refractivity (Wildman–Crippen MR) is 145 cm³/mol. The van der Waals surface area contributed by atoms with Crippen molar-refractivity contribution in [3.8, 4) is 11.1 Å². The third-order valence-electron chi connectivity index (χ3n) is 6.56. The molecular formula is C34H30Cl2Zr-2. The van der Waals surface area contributed by atoms with Crippen molar-refractivity contribution in [2.45, 2.75) is 33.6 Å². The van der Waals surface area contributed by atoms with Crippen LogP contribution in [0, 0.1) is 12.1 Å². The van der Waals surface area contributed by atoms with Gasteiger partial charge in [0.15, 0.2) is 0 Å². The zero-order valence-corrected chi connectivity index (χ0v) is 25.5. The molecule has 0 nitrogen and oxygen atoms in total. The van der Waals surface area contributed by atoms with E-state index in [4.69, 9.17) is 0 Å². The van der Waals surface area contributed by atoms with Gasteiger partial charge in [0.1, 0.15) is 0 Å². The third kappa shape index (κ3) is 8.09. The summed E-state index contributed by atoms with van der Waals surface area (Å²) in [6, 6.07) is 39.2. The van der Waals surface area contributed by atoms with Gasteiger partial charge in [0, 0.05) is 0 Å². The number of allylic oxidation sites excluding steroid dienone is 4. The van der Waals surface area contributed by atoms with Gasteiger partial charge in [-0.15, -0.1) is 18.9 Å². The summed E-state index contributed by atoms with van der Waals surface area (Å²) < 4.78 is 1.42. The van der Waals surface area contributed by atoms with Crippen molar-refractivity contribution in [2.24, 2.45) is 0 Å². The molecule has 0 fully saturated rings. The van der Waals surface area contributed by atoms with E-state index in [0.717, 1.165) is 12.8 Å². The van der Waals surface area contributed by atoms with Crippen molar-refractivity contribution in [2.75, 3.05) is 0 Å². The summed E-state index contributed by atoms with van der Waals surface area (Å²) in [6.07, 6.45) is 5.36. The van der Waals surface area contributed by atoms with Crippen LogP contribution in [0.4, 0.5) is 0 Å². The molecule has 37 heavy (non-hydrogen) atoms. The zero-order valence-electron chi connectivity index (χ0n) is 21.5. The number of halogens is 2. The fourth-order valence-corrected chi connectivity index (χ4v) is 5.04. The minimum Gasteiger partial charge on any atom is -0.179 e. The van der Waals surface area contributed by atoms with Crippen LogP contribution in [0.2, 0.25) is 0 Å². The Balaban J connectivity index is 0.000000197. The largest absolute Gasteiger partial charge is 0.179 e. The summed E-state index contributed by atoms with van der Waals surface area (Å²) in [5.74, 6) is 0. The van der Waals surface area contributed by atoms with E-state index in [1.165, 1.54) is 77.5 Å². The van der Waals surface area contributed by atoms with Crippen molar-refractivity contribution in [1.29, 1.82) is 0 Å². The Hall–Kier alpha value is -2.31. The smallest absolute Gasteiger partial charge is 0.0253 e. The Kier molecular flexibility index (Phi) is 12.7. The van der Waals surface area contributed by atoms with Gasteiger partial charge in [-0.1, -0.05) is 49.2 Å². The normalized spacial score (nSPS) is 12.3. The molecule has 3 heteroatoms. The molecule has 4 aromatic carbocycles. The maximum atomic E-state index is 3.30. The molecule has 0 spiro atoms. The Labute approximate surface area is 249 Å². The summed E-state index contributed by atoms with van der Waals surface area (Å²) in [4.78, 5) is 0. The molecule has 0 saturated carbocycles. The maximum Gasteiger partial charge on any atom is -0.0253 e. The van der Waals surface area contributed by atoms with Gasteiger partial charge < -0.3 is 24.8 Å². The molecule has 0 unspecified atom stereocenters. The Morgan fingerprint density at radius 2 is 1.22 bits per heavy atom. The van der Waals surface area contributed by atoms with Crippen LogP contribution in [0.3, 0.4) is 0 Å². The second-order valence-corrected chi connectivity index (χ2v) is 10.1. The predicted octanol–water partition coefficient (Wildman–Crippen LogP) is 2.34. The van der Waals surface area contributed by atoms with E-state index < -0.39 is 0 Å². The van der Waals surface area contributed by atoms with Crippen LogP contribution in [0.15, 0.2) is 120 Å². The quantitative estimate of drug-likeness (QED) is 0.273. The van der Waals surface area contributed by atoms with Gasteiger partial charge >= 0.3 is 99.2 Å². The van der Waals surface area contributed by atoms with Gasteiger partial charge in [0.05, 0.1) is 0 Å².